The SMILES string of the molecule is COc1ccc(CCC(C)NC(=O)c2cnc(OCC(F)(F)F)c(Cl)c2)cc1. The van der Waals surface area contributed by atoms with Crippen molar-refractivity contribution in [3.8, 4) is 11.6 Å². The van der Waals surface area contributed by atoms with E-state index in [1.54, 1.807) is 7.11 Å². The number of carbonyl (C=O) groups excluding carboxylic acids is 1. The minimum Gasteiger partial charge on any atom is -0.497 e. The van der Waals surface area contributed by atoms with E-state index in [0.717, 1.165) is 23.9 Å². The van der Waals surface area contributed by atoms with Crippen LogP contribution in [0.15, 0.2) is 36.5 Å². The predicted molar refractivity (Wildman–Crippen MR) is 99.0 cm³/mol. The number of methoxy groups -OCH3 is 1. The lowest BCUT2D eigenvalue weighted by Gasteiger charge is -2.15. The van der Waals surface area contributed by atoms with E-state index in [-0.39, 0.29) is 22.5 Å². The summed E-state index contributed by atoms with van der Waals surface area (Å²) in [4.78, 5) is 16.0. The van der Waals surface area contributed by atoms with Crippen molar-refractivity contribution in [2.45, 2.75) is 32.0 Å². The van der Waals surface area contributed by atoms with E-state index >= 15 is 0 Å². The zero-order valence-electron chi connectivity index (χ0n) is 15.3. The molecule has 0 aliphatic carbocycles. The van der Waals surface area contributed by atoms with Crippen LogP contribution >= 0.6 is 11.6 Å². The van der Waals surface area contributed by atoms with Gasteiger partial charge in [-0.1, -0.05) is 23.7 Å². The fourth-order valence-corrected chi connectivity index (χ4v) is 2.58. The third-order valence-electron chi connectivity index (χ3n) is 3.84. The van der Waals surface area contributed by atoms with Gasteiger partial charge in [0.15, 0.2) is 6.61 Å². The largest absolute Gasteiger partial charge is 0.497 e. The van der Waals surface area contributed by atoms with E-state index in [0.29, 0.717) is 6.42 Å². The molecule has 5 nitrogen and oxygen atoms in total. The van der Waals surface area contributed by atoms with E-state index in [4.69, 9.17) is 16.3 Å². The quantitative estimate of drug-likeness (QED) is 0.691. The summed E-state index contributed by atoms with van der Waals surface area (Å²) in [5.74, 6) is -0.0146. The lowest BCUT2D eigenvalue weighted by molar-refractivity contribution is -0.154. The number of aryl methyl sites for hydroxylation is 1. The Bertz CT molecular complexity index is 798. The molecule has 28 heavy (non-hydrogen) atoms. The van der Waals surface area contributed by atoms with E-state index in [9.17, 15) is 18.0 Å². The van der Waals surface area contributed by atoms with Crippen molar-refractivity contribution >= 4 is 17.5 Å². The smallest absolute Gasteiger partial charge is 0.422 e. The molecule has 9 heteroatoms. The molecule has 0 saturated heterocycles. The molecular formula is C19H20ClF3N2O3. The van der Waals surface area contributed by atoms with Crippen LogP contribution in [0.25, 0.3) is 0 Å². The molecule has 0 saturated carbocycles. The van der Waals surface area contributed by atoms with Crippen LogP contribution < -0.4 is 14.8 Å². The number of aromatic nitrogens is 1. The van der Waals surface area contributed by atoms with Crippen molar-refractivity contribution in [3.63, 3.8) is 0 Å². The number of pyridine rings is 1. The molecule has 1 N–H and O–H groups in total. The number of hydrogen-bond donors (Lipinski definition) is 1. The second-order valence-electron chi connectivity index (χ2n) is 6.18. The van der Waals surface area contributed by atoms with Crippen LogP contribution in [0.4, 0.5) is 13.2 Å². The molecule has 0 bridgehead atoms. The number of alkyl halides is 3. The van der Waals surface area contributed by atoms with Gasteiger partial charge in [0.1, 0.15) is 10.8 Å². The van der Waals surface area contributed by atoms with Crippen molar-refractivity contribution < 1.29 is 27.4 Å². The maximum atomic E-state index is 12.3. The maximum Gasteiger partial charge on any atom is 0.422 e. The summed E-state index contributed by atoms with van der Waals surface area (Å²) in [6, 6.07) is 8.75. The molecule has 1 amide bonds. The predicted octanol–water partition coefficient (Wildman–Crippen LogP) is 4.44. The number of ether oxygens (including phenoxy) is 2. The fourth-order valence-electron chi connectivity index (χ4n) is 2.36. The van der Waals surface area contributed by atoms with Gasteiger partial charge in [0.2, 0.25) is 5.88 Å². The van der Waals surface area contributed by atoms with Crippen LogP contribution in [0.3, 0.4) is 0 Å². The monoisotopic (exact) mass is 416 g/mol. The second-order valence-corrected chi connectivity index (χ2v) is 6.58. The lowest BCUT2D eigenvalue weighted by Crippen LogP contribution is -2.33. The Hall–Kier alpha value is -2.48. The Morgan fingerprint density at radius 2 is 1.96 bits per heavy atom. The van der Waals surface area contributed by atoms with Gasteiger partial charge in [-0.05, 0) is 43.5 Å². The van der Waals surface area contributed by atoms with Crippen LogP contribution in [0.5, 0.6) is 11.6 Å². The molecule has 0 fully saturated rings. The van der Waals surface area contributed by atoms with Crippen LogP contribution in [0.2, 0.25) is 5.02 Å². The lowest BCUT2D eigenvalue weighted by atomic mass is 10.1. The molecule has 2 aromatic rings. The molecule has 0 radical (unpaired) electrons. The van der Waals surface area contributed by atoms with Gasteiger partial charge in [-0.2, -0.15) is 13.2 Å². The van der Waals surface area contributed by atoms with E-state index in [2.05, 4.69) is 15.0 Å². The maximum absolute atomic E-state index is 12.3. The van der Waals surface area contributed by atoms with Gasteiger partial charge in [-0.3, -0.25) is 4.79 Å². The number of nitrogens with one attached hydrogen (secondary N) is 1. The summed E-state index contributed by atoms with van der Waals surface area (Å²) in [5.41, 5.74) is 1.25. The highest BCUT2D eigenvalue weighted by Crippen LogP contribution is 2.25. The van der Waals surface area contributed by atoms with E-state index in [1.165, 1.54) is 6.07 Å². The molecule has 152 valence electrons. The Kier molecular flexibility index (Phi) is 7.51. The van der Waals surface area contributed by atoms with Gasteiger partial charge >= 0.3 is 6.18 Å². The molecule has 0 aliphatic heterocycles. The molecule has 2 rings (SSSR count). The molecule has 1 aromatic heterocycles. The Balaban J connectivity index is 1.87. The molecule has 0 spiro atoms. The highest BCUT2D eigenvalue weighted by atomic mass is 35.5. The minimum absolute atomic E-state index is 0.130. The topological polar surface area (TPSA) is 60.5 Å². The van der Waals surface area contributed by atoms with Gasteiger partial charge < -0.3 is 14.8 Å². The van der Waals surface area contributed by atoms with Gasteiger partial charge in [0.25, 0.3) is 5.91 Å². The number of amides is 1. The summed E-state index contributed by atoms with van der Waals surface area (Å²) in [7, 11) is 1.60. The van der Waals surface area contributed by atoms with Crippen molar-refractivity contribution in [2.24, 2.45) is 0 Å². The summed E-state index contributed by atoms with van der Waals surface area (Å²) in [5, 5.41) is 2.64. The number of halogens is 4. The first kappa shape index (κ1) is 21.8. The highest BCUT2D eigenvalue weighted by Gasteiger charge is 2.29. The average Bonchev–Trinajstić information content (AvgIpc) is 2.65. The first-order chi connectivity index (χ1) is 13.2. The first-order valence-corrected chi connectivity index (χ1v) is 8.84. The van der Waals surface area contributed by atoms with Crippen LogP contribution in [-0.2, 0) is 6.42 Å². The number of carbonyl (C=O) groups is 1. The Morgan fingerprint density at radius 3 is 2.54 bits per heavy atom. The van der Waals surface area contributed by atoms with Gasteiger partial charge in [-0.15, -0.1) is 0 Å². The van der Waals surface area contributed by atoms with Gasteiger partial charge in [0.05, 0.1) is 12.7 Å². The molecule has 1 unspecified atom stereocenters. The molecule has 0 aliphatic rings. The fraction of sp³-hybridized carbons (Fsp3) is 0.368. The number of benzene rings is 1. The number of nitrogens with zero attached hydrogens (tertiary/aromatic N) is 1. The van der Waals surface area contributed by atoms with Crippen molar-refractivity contribution in [2.75, 3.05) is 13.7 Å². The van der Waals surface area contributed by atoms with Crippen molar-refractivity contribution in [1.82, 2.24) is 10.3 Å². The zero-order valence-corrected chi connectivity index (χ0v) is 16.1. The minimum atomic E-state index is -4.50. The van der Waals surface area contributed by atoms with Crippen LogP contribution in [0.1, 0.15) is 29.3 Å². The number of hydrogen-bond acceptors (Lipinski definition) is 4. The summed E-state index contributed by atoms with van der Waals surface area (Å²) in [6.07, 6.45) is -1.91. The third kappa shape index (κ3) is 6.92. The molecule has 1 heterocycles. The van der Waals surface area contributed by atoms with Crippen molar-refractivity contribution in [3.05, 3.63) is 52.7 Å². The zero-order chi connectivity index (χ0) is 20.7. The highest BCUT2D eigenvalue weighted by molar-refractivity contribution is 6.32. The van der Waals surface area contributed by atoms with Crippen LogP contribution in [-0.4, -0.2) is 36.8 Å². The first-order valence-electron chi connectivity index (χ1n) is 8.47. The normalized spacial score (nSPS) is 12.4. The van der Waals surface area contributed by atoms with Gasteiger partial charge in [0, 0.05) is 12.2 Å². The average molecular weight is 417 g/mol. The second kappa shape index (κ2) is 9.64. The standard InChI is InChI=1S/C19H20ClF3N2O3/c1-12(3-4-13-5-7-15(27-2)8-6-13)25-17(26)14-9-16(20)18(24-10-14)28-11-19(21,22)23/h5-10,12H,3-4,11H2,1-2H3,(H,25,26). The van der Waals surface area contributed by atoms with E-state index in [1.807, 2.05) is 31.2 Å². The van der Waals surface area contributed by atoms with Crippen molar-refractivity contribution in [1.29, 1.82) is 0 Å². The Morgan fingerprint density at radius 1 is 1.29 bits per heavy atom. The number of rotatable bonds is 8. The Labute approximate surface area is 165 Å². The molecule has 1 atom stereocenters. The molecular weight excluding hydrogens is 397 g/mol. The van der Waals surface area contributed by atoms with Crippen LogP contribution in [0, 0.1) is 0 Å². The summed E-state index contributed by atoms with van der Waals surface area (Å²) in [6.45, 7) is 0.352. The molecule has 1 aromatic carbocycles. The summed E-state index contributed by atoms with van der Waals surface area (Å²) >= 11 is 5.86. The third-order valence-corrected chi connectivity index (χ3v) is 4.12. The summed E-state index contributed by atoms with van der Waals surface area (Å²) < 4.78 is 46.2. The van der Waals surface area contributed by atoms with E-state index < -0.39 is 18.7 Å². The van der Waals surface area contributed by atoms with Gasteiger partial charge in [-0.25, -0.2) is 4.98 Å².